The van der Waals surface area contributed by atoms with Gasteiger partial charge in [-0.3, -0.25) is 0 Å². The molecule has 1 saturated carbocycles. The Bertz CT molecular complexity index is 399. The lowest BCUT2D eigenvalue weighted by Crippen LogP contribution is -2.43. The normalized spacial score (nSPS) is 23.6. The van der Waals surface area contributed by atoms with Crippen LogP contribution < -0.4 is 9.44 Å². The molecule has 0 aromatic carbocycles. The predicted molar refractivity (Wildman–Crippen MR) is 73.2 cm³/mol. The van der Waals surface area contributed by atoms with E-state index in [0.29, 0.717) is 18.3 Å². The molecule has 8 heteroatoms. The molecule has 19 heavy (non-hydrogen) atoms. The molecule has 6 nitrogen and oxygen atoms in total. The van der Waals surface area contributed by atoms with Crippen molar-refractivity contribution in [2.45, 2.75) is 39.2 Å². The maximum atomic E-state index is 11.6. The number of carbonyl (C=O) groups excluding carboxylic acids is 1. The molecule has 0 saturated heterocycles. The fourth-order valence-corrected chi connectivity index (χ4v) is 3.37. The largest absolute Gasteiger partial charge is 0.446 e. The van der Waals surface area contributed by atoms with Gasteiger partial charge in [-0.05, 0) is 38.5 Å². The van der Waals surface area contributed by atoms with E-state index >= 15 is 0 Å². The molecule has 2 unspecified atom stereocenters. The summed E-state index contributed by atoms with van der Waals surface area (Å²) in [5.74, 6) is 1.11. The highest BCUT2D eigenvalue weighted by Gasteiger charge is 2.28. The second-order valence-corrected chi connectivity index (χ2v) is 6.82. The molecule has 2 atom stereocenters. The summed E-state index contributed by atoms with van der Waals surface area (Å²) >= 11 is 5.83. The number of hydrogen-bond acceptors (Lipinski definition) is 4. The first-order chi connectivity index (χ1) is 8.84. The fourth-order valence-electron chi connectivity index (χ4n) is 2.19. The van der Waals surface area contributed by atoms with Gasteiger partial charge in [-0.1, -0.05) is 6.42 Å². The lowest BCUT2D eigenvalue weighted by molar-refractivity contribution is 0.121. The van der Waals surface area contributed by atoms with Gasteiger partial charge in [-0.25, -0.2) is 9.52 Å². The highest BCUT2D eigenvalue weighted by molar-refractivity contribution is 7.88. The van der Waals surface area contributed by atoms with Gasteiger partial charge in [0, 0.05) is 12.4 Å². The monoisotopic (exact) mass is 312 g/mol. The molecule has 1 fully saturated rings. The second kappa shape index (κ2) is 7.31. The van der Waals surface area contributed by atoms with E-state index in [2.05, 4.69) is 4.72 Å². The van der Waals surface area contributed by atoms with E-state index in [-0.39, 0.29) is 12.0 Å². The van der Waals surface area contributed by atoms with Crippen LogP contribution in [0.3, 0.4) is 0 Å². The van der Waals surface area contributed by atoms with Crippen LogP contribution in [-0.2, 0) is 14.9 Å². The van der Waals surface area contributed by atoms with Crippen LogP contribution in [0.25, 0.3) is 0 Å². The van der Waals surface area contributed by atoms with Gasteiger partial charge < -0.3 is 4.74 Å². The Balaban J connectivity index is 2.40. The maximum absolute atomic E-state index is 11.6. The molecule has 0 radical (unpaired) electrons. The van der Waals surface area contributed by atoms with Gasteiger partial charge in [0.15, 0.2) is 0 Å². The van der Waals surface area contributed by atoms with Gasteiger partial charge in [-0.2, -0.15) is 13.1 Å². The number of halogens is 1. The molecule has 0 aliphatic heterocycles. The minimum Gasteiger partial charge on any atom is -0.446 e. The third-order valence-corrected chi connectivity index (χ3v) is 4.49. The standard InChI is InChI=1S/C11H21ClN2O4S/c1-8(2)18-11(15)14-19(16,17)13-7-10-5-3-4-9(10)6-12/h8-10,13H,3-7H2,1-2H3,(H,14,15). The van der Waals surface area contributed by atoms with Gasteiger partial charge in [-0.15, -0.1) is 11.6 Å². The number of ether oxygens (including phenoxy) is 1. The summed E-state index contributed by atoms with van der Waals surface area (Å²) in [6.07, 6.45) is 1.70. The van der Waals surface area contributed by atoms with Crippen LogP contribution in [-0.4, -0.2) is 33.0 Å². The number of nitrogens with one attached hydrogen (secondary N) is 2. The molecule has 0 bridgehead atoms. The van der Waals surface area contributed by atoms with Crippen molar-refractivity contribution in [2.75, 3.05) is 12.4 Å². The third-order valence-electron chi connectivity index (χ3n) is 3.11. The van der Waals surface area contributed by atoms with Crippen molar-refractivity contribution in [3.63, 3.8) is 0 Å². The lowest BCUT2D eigenvalue weighted by atomic mass is 9.98. The molecular weight excluding hydrogens is 292 g/mol. The zero-order chi connectivity index (χ0) is 14.5. The SMILES string of the molecule is CC(C)OC(=O)NS(=O)(=O)NCC1CCCC1CCl. The van der Waals surface area contributed by atoms with Crippen LogP contribution in [0.1, 0.15) is 33.1 Å². The van der Waals surface area contributed by atoms with Crippen LogP contribution in [0.4, 0.5) is 4.79 Å². The van der Waals surface area contributed by atoms with Gasteiger partial charge in [0.1, 0.15) is 0 Å². The van der Waals surface area contributed by atoms with Crippen molar-refractivity contribution >= 4 is 27.9 Å². The number of hydrogen-bond donors (Lipinski definition) is 2. The fraction of sp³-hybridized carbons (Fsp3) is 0.909. The molecule has 0 aromatic rings. The quantitative estimate of drug-likeness (QED) is 0.730. The van der Waals surface area contributed by atoms with Crippen LogP contribution in [0.5, 0.6) is 0 Å². The molecule has 0 spiro atoms. The van der Waals surface area contributed by atoms with Crippen LogP contribution in [0.15, 0.2) is 0 Å². The van der Waals surface area contributed by atoms with Crippen molar-refractivity contribution in [1.82, 2.24) is 9.44 Å². The maximum Gasteiger partial charge on any atom is 0.422 e. The minimum absolute atomic E-state index is 0.232. The molecule has 1 amide bonds. The number of alkyl halides is 1. The molecule has 1 rings (SSSR count). The van der Waals surface area contributed by atoms with E-state index in [0.717, 1.165) is 19.3 Å². The van der Waals surface area contributed by atoms with E-state index < -0.39 is 16.3 Å². The molecule has 1 aliphatic carbocycles. The second-order valence-electron chi connectivity index (χ2n) is 5.01. The number of rotatable bonds is 6. The summed E-state index contributed by atoms with van der Waals surface area (Å²) in [5, 5.41) is 0. The van der Waals surface area contributed by atoms with E-state index in [1.807, 2.05) is 4.72 Å². The van der Waals surface area contributed by atoms with Gasteiger partial charge >= 0.3 is 16.3 Å². The first-order valence-corrected chi connectivity index (χ1v) is 8.40. The van der Waals surface area contributed by atoms with E-state index in [4.69, 9.17) is 16.3 Å². The first kappa shape index (κ1) is 16.5. The highest BCUT2D eigenvalue weighted by Crippen LogP contribution is 2.31. The van der Waals surface area contributed by atoms with Crippen molar-refractivity contribution in [3.05, 3.63) is 0 Å². The van der Waals surface area contributed by atoms with Crippen LogP contribution in [0, 0.1) is 11.8 Å². The summed E-state index contributed by atoms with van der Waals surface area (Å²) in [5.41, 5.74) is 0. The Labute approximate surface area is 119 Å². The van der Waals surface area contributed by atoms with E-state index in [1.54, 1.807) is 13.8 Å². The van der Waals surface area contributed by atoms with Gasteiger partial charge in [0.25, 0.3) is 0 Å². The summed E-state index contributed by atoms with van der Waals surface area (Å²) in [6, 6.07) is 0. The molecule has 112 valence electrons. The van der Waals surface area contributed by atoms with Crippen LogP contribution >= 0.6 is 11.6 Å². The van der Waals surface area contributed by atoms with Crippen molar-refractivity contribution in [3.8, 4) is 0 Å². The molecule has 0 heterocycles. The topological polar surface area (TPSA) is 84.5 Å². The highest BCUT2D eigenvalue weighted by atomic mass is 35.5. The molecular formula is C11H21ClN2O4S. The lowest BCUT2D eigenvalue weighted by Gasteiger charge is -2.18. The minimum atomic E-state index is -3.86. The smallest absolute Gasteiger partial charge is 0.422 e. The Morgan fingerprint density at radius 3 is 2.58 bits per heavy atom. The Morgan fingerprint density at radius 2 is 2.00 bits per heavy atom. The summed E-state index contributed by atoms with van der Waals surface area (Å²) < 4.78 is 32.1. The average molecular weight is 313 g/mol. The van der Waals surface area contributed by atoms with E-state index in [1.165, 1.54) is 0 Å². The third kappa shape index (κ3) is 5.97. The van der Waals surface area contributed by atoms with Gasteiger partial charge in [0.2, 0.25) is 0 Å². The van der Waals surface area contributed by atoms with Crippen molar-refractivity contribution in [2.24, 2.45) is 11.8 Å². The zero-order valence-electron chi connectivity index (χ0n) is 11.2. The summed E-state index contributed by atoms with van der Waals surface area (Å²) in [6.45, 7) is 3.58. The number of carbonyl (C=O) groups is 1. The van der Waals surface area contributed by atoms with Crippen molar-refractivity contribution in [1.29, 1.82) is 0 Å². The Hall–Kier alpha value is -0.530. The molecule has 2 N–H and O–H groups in total. The molecule has 0 aromatic heterocycles. The Kier molecular flexibility index (Phi) is 6.35. The van der Waals surface area contributed by atoms with Crippen molar-refractivity contribution < 1.29 is 17.9 Å². The first-order valence-electron chi connectivity index (χ1n) is 6.38. The predicted octanol–water partition coefficient (Wildman–Crippen LogP) is 1.61. The van der Waals surface area contributed by atoms with Gasteiger partial charge in [0.05, 0.1) is 6.10 Å². The zero-order valence-corrected chi connectivity index (χ0v) is 12.8. The molecule has 1 aliphatic rings. The summed E-state index contributed by atoms with van der Waals surface area (Å²) in [4.78, 5) is 11.2. The van der Waals surface area contributed by atoms with E-state index in [9.17, 15) is 13.2 Å². The average Bonchev–Trinajstić information content (AvgIpc) is 2.71. The summed E-state index contributed by atoms with van der Waals surface area (Å²) in [7, 11) is -3.86. The van der Waals surface area contributed by atoms with Crippen LogP contribution in [0.2, 0.25) is 0 Å². The Morgan fingerprint density at radius 1 is 1.37 bits per heavy atom. The number of amides is 1.